The molecule has 3 aromatic carbocycles. The van der Waals surface area contributed by atoms with E-state index in [1.54, 1.807) is 61.5 Å². The Morgan fingerprint density at radius 1 is 0.879 bits per heavy atom. The number of halogens is 3. The number of anilines is 3. The van der Waals surface area contributed by atoms with Crippen LogP contribution in [0.25, 0.3) is 0 Å². The Labute approximate surface area is 208 Å². The van der Waals surface area contributed by atoms with Crippen LogP contribution in [0.15, 0.2) is 81.9 Å². The van der Waals surface area contributed by atoms with Crippen molar-refractivity contribution in [3.8, 4) is 0 Å². The first-order valence-electron chi connectivity index (χ1n) is 9.73. The van der Waals surface area contributed by atoms with Crippen molar-refractivity contribution >= 4 is 73.9 Å². The summed E-state index contributed by atoms with van der Waals surface area (Å²) in [5, 5.41) is 5.87. The summed E-state index contributed by atoms with van der Waals surface area (Å²) in [5.74, 6) is -1.51. The second-order valence-electron chi connectivity index (χ2n) is 7.23. The van der Waals surface area contributed by atoms with Crippen LogP contribution < -0.4 is 15.5 Å². The van der Waals surface area contributed by atoms with Gasteiger partial charge in [0, 0.05) is 26.4 Å². The molecule has 166 valence electrons. The minimum absolute atomic E-state index is 0.0480. The number of carbonyl (C=O) groups excluding carboxylic acids is 3. The third kappa shape index (κ3) is 4.80. The van der Waals surface area contributed by atoms with Gasteiger partial charge in [-0.3, -0.25) is 14.4 Å². The van der Waals surface area contributed by atoms with E-state index in [0.29, 0.717) is 33.2 Å². The summed E-state index contributed by atoms with van der Waals surface area (Å²) in [4.78, 5) is 39.1. The number of imide groups is 1. The minimum Gasteiger partial charge on any atom is -0.350 e. The average Bonchev–Trinajstić information content (AvgIpc) is 3.00. The van der Waals surface area contributed by atoms with Gasteiger partial charge in [-0.1, -0.05) is 45.2 Å². The van der Waals surface area contributed by atoms with Gasteiger partial charge in [0.2, 0.25) is 0 Å². The van der Waals surface area contributed by atoms with Gasteiger partial charge in [0.05, 0.1) is 5.69 Å². The number of amides is 3. The Hall–Kier alpha value is -3.13. The molecule has 0 atom stereocenters. The lowest BCUT2D eigenvalue weighted by Crippen LogP contribution is -2.32. The smallest absolute Gasteiger partial charge is 0.283 e. The van der Waals surface area contributed by atoms with Gasteiger partial charge < -0.3 is 10.6 Å². The normalized spacial score (nSPS) is 13.5. The van der Waals surface area contributed by atoms with Crippen molar-refractivity contribution in [2.45, 2.75) is 6.92 Å². The van der Waals surface area contributed by atoms with Gasteiger partial charge >= 0.3 is 0 Å². The zero-order chi connectivity index (χ0) is 23.7. The van der Waals surface area contributed by atoms with Crippen LogP contribution in [-0.4, -0.2) is 17.7 Å². The van der Waals surface area contributed by atoms with Crippen LogP contribution >= 0.6 is 39.1 Å². The molecule has 0 radical (unpaired) electrons. The first-order chi connectivity index (χ1) is 15.7. The highest BCUT2D eigenvalue weighted by Crippen LogP contribution is 2.33. The van der Waals surface area contributed by atoms with Gasteiger partial charge in [-0.2, -0.15) is 0 Å². The van der Waals surface area contributed by atoms with E-state index >= 15 is 0 Å². The Balaban J connectivity index is 1.50. The quantitative estimate of drug-likeness (QED) is 0.380. The van der Waals surface area contributed by atoms with E-state index in [1.165, 1.54) is 0 Å². The summed E-state index contributed by atoms with van der Waals surface area (Å²) in [5.41, 5.74) is 2.60. The van der Waals surface area contributed by atoms with Crippen molar-refractivity contribution in [1.29, 1.82) is 0 Å². The van der Waals surface area contributed by atoms with E-state index in [4.69, 9.17) is 23.2 Å². The fraction of sp³-hybridized carbons (Fsp3) is 0.0417. The molecule has 1 aliphatic rings. The lowest BCUT2D eigenvalue weighted by Gasteiger charge is -2.17. The molecule has 0 saturated carbocycles. The fourth-order valence-corrected chi connectivity index (χ4v) is 3.88. The van der Waals surface area contributed by atoms with Crippen molar-refractivity contribution in [3.63, 3.8) is 0 Å². The molecule has 3 aromatic rings. The SMILES string of the molecule is Cc1ccc(Cl)cc1N1C(=O)C(Cl)=C(Nc2ccc(C(=O)Nc3ccc(Br)cc3)cc2)C1=O. The highest BCUT2D eigenvalue weighted by atomic mass is 79.9. The summed E-state index contributed by atoms with van der Waals surface area (Å²) in [6.07, 6.45) is 0. The van der Waals surface area contributed by atoms with Gasteiger partial charge in [0.15, 0.2) is 0 Å². The molecule has 0 spiro atoms. The van der Waals surface area contributed by atoms with Crippen LogP contribution in [-0.2, 0) is 9.59 Å². The number of aryl methyl sites for hydroxylation is 1. The standard InChI is InChI=1S/C24H16BrCl2N3O3/c1-13-2-7-16(26)12-19(13)30-23(32)20(27)21(24(30)33)28-17-8-3-14(4-9-17)22(31)29-18-10-5-15(25)6-11-18/h2-12,28H,1H3,(H,29,31). The maximum Gasteiger partial charge on any atom is 0.283 e. The molecule has 0 saturated heterocycles. The van der Waals surface area contributed by atoms with Crippen LogP contribution in [0, 0.1) is 6.92 Å². The minimum atomic E-state index is -0.639. The molecule has 2 N–H and O–H groups in total. The van der Waals surface area contributed by atoms with E-state index in [-0.39, 0.29) is 16.6 Å². The van der Waals surface area contributed by atoms with Gasteiger partial charge in [-0.15, -0.1) is 0 Å². The molecule has 0 unspecified atom stereocenters. The third-order valence-electron chi connectivity index (χ3n) is 4.96. The number of hydrogen-bond acceptors (Lipinski definition) is 4. The van der Waals surface area contributed by atoms with Gasteiger partial charge in [-0.05, 0) is 73.2 Å². The topological polar surface area (TPSA) is 78.5 Å². The van der Waals surface area contributed by atoms with Gasteiger partial charge in [0.25, 0.3) is 17.7 Å². The first-order valence-corrected chi connectivity index (χ1v) is 11.3. The van der Waals surface area contributed by atoms with Crippen molar-refractivity contribution in [1.82, 2.24) is 0 Å². The lowest BCUT2D eigenvalue weighted by atomic mass is 10.1. The molecule has 3 amide bonds. The molecule has 33 heavy (non-hydrogen) atoms. The highest BCUT2D eigenvalue weighted by molar-refractivity contribution is 9.10. The largest absolute Gasteiger partial charge is 0.350 e. The number of rotatable bonds is 5. The van der Waals surface area contributed by atoms with Crippen molar-refractivity contribution in [2.75, 3.05) is 15.5 Å². The molecular formula is C24H16BrCl2N3O3. The molecular weight excluding hydrogens is 529 g/mol. The van der Waals surface area contributed by atoms with Crippen molar-refractivity contribution in [3.05, 3.63) is 98.1 Å². The van der Waals surface area contributed by atoms with E-state index in [2.05, 4.69) is 26.6 Å². The summed E-state index contributed by atoms with van der Waals surface area (Å²) >= 11 is 15.6. The number of nitrogens with zero attached hydrogens (tertiary/aromatic N) is 1. The summed E-state index contributed by atoms with van der Waals surface area (Å²) < 4.78 is 0.910. The molecule has 1 aliphatic heterocycles. The maximum atomic E-state index is 13.0. The molecule has 4 rings (SSSR count). The molecule has 1 heterocycles. The Morgan fingerprint density at radius 3 is 2.18 bits per heavy atom. The van der Waals surface area contributed by atoms with E-state index in [0.717, 1.165) is 9.37 Å². The monoisotopic (exact) mass is 543 g/mol. The highest BCUT2D eigenvalue weighted by Gasteiger charge is 2.39. The Kier molecular flexibility index (Phi) is 6.56. The number of benzene rings is 3. The van der Waals surface area contributed by atoms with E-state index < -0.39 is 11.8 Å². The first kappa shape index (κ1) is 23.0. The van der Waals surface area contributed by atoms with Crippen LogP contribution in [0.1, 0.15) is 15.9 Å². The molecule has 0 aliphatic carbocycles. The number of hydrogen-bond donors (Lipinski definition) is 2. The fourth-order valence-electron chi connectivity index (χ4n) is 3.24. The zero-order valence-electron chi connectivity index (χ0n) is 17.2. The lowest BCUT2D eigenvalue weighted by molar-refractivity contribution is -0.120. The molecule has 0 bridgehead atoms. The predicted octanol–water partition coefficient (Wildman–Crippen LogP) is 6.10. The maximum absolute atomic E-state index is 13.0. The van der Waals surface area contributed by atoms with Gasteiger partial charge in [-0.25, -0.2) is 4.90 Å². The van der Waals surface area contributed by atoms with Crippen LogP contribution in [0.4, 0.5) is 17.1 Å². The van der Waals surface area contributed by atoms with E-state index in [9.17, 15) is 14.4 Å². The Morgan fingerprint density at radius 2 is 1.52 bits per heavy atom. The van der Waals surface area contributed by atoms with E-state index in [1.807, 2.05) is 12.1 Å². The third-order valence-corrected chi connectivity index (χ3v) is 6.07. The second-order valence-corrected chi connectivity index (χ2v) is 8.96. The van der Waals surface area contributed by atoms with Crippen molar-refractivity contribution in [2.24, 2.45) is 0 Å². The van der Waals surface area contributed by atoms with Crippen LogP contribution in [0.5, 0.6) is 0 Å². The summed E-state index contributed by atoms with van der Waals surface area (Å²) in [6, 6.07) is 18.6. The molecule has 6 nitrogen and oxygen atoms in total. The molecule has 0 aromatic heterocycles. The summed E-state index contributed by atoms with van der Waals surface area (Å²) in [7, 11) is 0. The van der Waals surface area contributed by atoms with Gasteiger partial charge in [0.1, 0.15) is 10.7 Å². The zero-order valence-corrected chi connectivity index (χ0v) is 20.3. The average molecular weight is 545 g/mol. The molecule has 9 heteroatoms. The molecule has 0 fully saturated rings. The second kappa shape index (κ2) is 9.39. The van der Waals surface area contributed by atoms with Crippen LogP contribution in [0.3, 0.4) is 0 Å². The van der Waals surface area contributed by atoms with Crippen molar-refractivity contribution < 1.29 is 14.4 Å². The number of nitrogens with one attached hydrogen (secondary N) is 2. The number of carbonyl (C=O) groups is 3. The van der Waals surface area contributed by atoms with Crippen LogP contribution in [0.2, 0.25) is 5.02 Å². The Bertz CT molecular complexity index is 1310. The predicted molar refractivity (Wildman–Crippen MR) is 134 cm³/mol. The summed E-state index contributed by atoms with van der Waals surface area (Å²) in [6.45, 7) is 1.77.